The number of hydrogen-bond acceptors (Lipinski definition) is 4. The van der Waals surface area contributed by atoms with Crippen LogP contribution in [0.25, 0.3) is 0 Å². The molecule has 1 aromatic carbocycles. The molecule has 0 radical (unpaired) electrons. The molecule has 2 rings (SSSR count). The lowest BCUT2D eigenvalue weighted by molar-refractivity contribution is -0.384. The van der Waals surface area contributed by atoms with Gasteiger partial charge in [0.1, 0.15) is 0 Å². The Kier molecular flexibility index (Phi) is 4.11. The van der Waals surface area contributed by atoms with E-state index in [4.69, 9.17) is 0 Å². The van der Waals surface area contributed by atoms with Crippen molar-refractivity contribution < 1.29 is 9.72 Å². The first-order valence-electron chi connectivity index (χ1n) is 6.31. The third kappa shape index (κ3) is 3.51. The zero-order valence-corrected chi connectivity index (χ0v) is 10.8. The van der Waals surface area contributed by atoms with Crippen LogP contribution in [0.5, 0.6) is 0 Å². The summed E-state index contributed by atoms with van der Waals surface area (Å²) in [5, 5.41) is 13.8. The third-order valence-corrected chi connectivity index (χ3v) is 3.22. The zero-order chi connectivity index (χ0) is 13.8. The van der Waals surface area contributed by atoms with E-state index in [1.165, 1.54) is 12.1 Å². The standard InChI is InChI=1S/C13H17N3O3/c1-10-9-15(7-6-14-10)13(17)8-11-2-4-12(5-3-11)16(18)19/h2-5,10,14H,6-9H2,1H3. The van der Waals surface area contributed by atoms with E-state index in [9.17, 15) is 14.9 Å². The SMILES string of the molecule is CC1CN(C(=O)Cc2ccc([N+](=O)[O-])cc2)CCN1. The van der Waals surface area contributed by atoms with E-state index in [1.54, 1.807) is 12.1 Å². The number of carbonyl (C=O) groups excluding carboxylic acids is 1. The number of amides is 1. The Balaban J connectivity index is 1.96. The molecule has 6 heteroatoms. The fourth-order valence-corrected chi connectivity index (χ4v) is 2.18. The van der Waals surface area contributed by atoms with E-state index < -0.39 is 4.92 Å². The number of carbonyl (C=O) groups is 1. The van der Waals surface area contributed by atoms with Crippen LogP contribution in [0.2, 0.25) is 0 Å². The topological polar surface area (TPSA) is 75.5 Å². The summed E-state index contributed by atoms with van der Waals surface area (Å²) < 4.78 is 0. The molecule has 0 bridgehead atoms. The fourth-order valence-electron chi connectivity index (χ4n) is 2.18. The van der Waals surface area contributed by atoms with Gasteiger partial charge in [0, 0.05) is 37.8 Å². The molecule has 1 unspecified atom stereocenters. The Hall–Kier alpha value is -1.95. The van der Waals surface area contributed by atoms with Gasteiger partial charge in [0.15, 0.2) is 0 Å². The van der Waals surface area contributed by atoms with Crippen molar-refractivity contribution >= 4 is 11.6 Å². The summed E-state index contributed by atoms with van der Waals surface area (Å²) in [6, 6.07) is 6.46. The minimum Gasteiger partial charge on any atom is -0.340 e. The van der Waals surface area contributed by atoms with Crippen molar-refractivity contribution in [1.82, 2.24) is 10.2 Å². The zero-order valence-electron chi connectivity index (χ0n) is 10.8. The van der Waals surface area contributed by atoms with Gasteiger partial charge in [-0.1, -0.05) is 12.1 Å². The molecule has 1 aliphatic rings. The van der Waals surface area contributed by atoms with Crippen LogP contribution < -0.4 is 5.32 Å². The number of nitrogens with zero attached hydrogens (tertiary/aromatic N) is 2. The molecule has 1 atom stereocenters. The molecule has 0 aromatic heterocycles. The molecule has 1 heterocycles. The molecule has 0 aliphatic carbocycles. The third-order valence-electron chi connectivity index (χ3n) is 3.22. The van der Waals surface area contributed by atoms with E-state index >= 15 is 0 Å². The Bertz CT molecular complexity index is 473. The number of nitro groups is 1. The first-order valence-corrected chi connectivity index (χ1v) is 6.31. The van der Waals surface area contributed by atoms with E-state index in [0.29, 0.717) is 19.0 Å². The first kappa shape index (κ1) is 13.5. The second-order valence-corrected chi connectivity index (χ2v) is 4.80. The summed E-state index contributed by atoms with van der Waals surface area (Å²) in [5.41, 5.74) is 0.855. The summed E-state index contributed by atoms with van der Waals surface area (Å²) >= 11 is 0. The van der Waals surface area contributed by atoms with Crippen LogP contribution in [0.15, 0.2) is 24.3 Å². The van der Waals surface area contributed by atoms with Crippen LogP contribution in [-0.2, 0) is 11.2 Å². The second kappa shape index (κ2) is 5.79. The second-order valence-electron chi connectivity index (χ2n) is 4.80. The molecule has 1 N–H and O–H groups in total. The Morgan fingerprint density at radius 3 is 2.74 bits per heavy atom. The van der Waals surface area contributed by atoms with Crippen LogP contribution in [0.1, 0.15) is 12.5 Å². The molecule has 6 nitrogen and oxygen atoms in total. The van der Waals surface area contributed by atoms with Crippen molar-refractivity contribution in [1.29, 1.82) is 0 Å². The fraction of sp³-hybridized carbons (Fsp3) is 0.462. The number of non-ortho nitro benzene ring substituents is 1. The number of nitrogens with one attached hydrogen (secondary N) is 1. The highest BCUT2D eigenvalue weighted by Crippen LogP contribution is 2.13. The molecule has 1 aromatic rings. The minimum atomic E-state index is -0.441. The lowest BCUT2D eigenvalue weighted by Gasteiger charge is -2.32. The minimum absolute atomic E-state index is 0.0481. The number of benzene rings is 1. The van der Waals surface area contributed by atoms with Crippen LogP contribution in [0.3, 0.4) is 0 Å². The number of piperazine rings is 1. The molecule has 1 saturated heterocycles. The predicted molar refractivity (Wildman–Crippen MR) is 70.8 cm³/mol. The van der Waals surface area contributed by atoms with Gasteiger partial charge in [-0.05, 0) is 12.5 Å². The molecule has 102 valence electrons. The molecular weight excluding hydrogens is 246 g/mol. The maximum Gasteiger partial charge on any atom is 0.269 e. The van der Waals surface area contributed by atoms with Crippen molar-refractivity contribution in [2.45, 2.75) is 19.4 Å². The van der Waals surface area contributed by atoms with Crippen LogP contribution in [0.4, 0.5) is 5.69 Å². The maximum atomic E-state index is 12.1. The van der Waals surface area contributed by atoms with Gasteiger partial charge < -0.3 is 10.2 Å². The Labute approximate surface area is 111 Å². The van der Waals surface area contributed by atoms with Crippen LogP contribution in [0, 0.1) is 10.1 Å². The summed E-state index contributed by atoms with van der Waals surface area (Å²) in [5.74, 6) is 0.0715. The number of hydrogen-bond donors (Lipinski definition) is 1. The largest absolute Gasteiger partial charge is 0.340 e. The Morgan fingerprint density at radius 2 is 2.16 bits per heavy atom. The maximum absolute atomic E-state index is 12.1. The highest BCUT2D eigenvalue weighted by Gasteiger charge is 2.20. The van der Waals surface area contributed by atoms with Gasteiger partial charge in [0.2, 0.25) is 5.91 Å². The van der Waals surface area contributed by atoms with Crippen molar-refractivity contribution in [3.63, 3.8) is 0 Å². The summed E-state index contributed by atoms with van der Waals surface area (Å²) in [6.07, 6.45) is 0.296. The summed E-state index contributed by atoms with van der Waals surface area (Å²) in [6.45, 7) is 4.29. The van der Waals surface area contributed by atoms with Crippen molar-refractivity contribution in [3.05, 3.63) is 39.9 Å². The lowest BCUT2D eigenvalue weighted by atomic mass is 10.1. The van der Waals surface area contributed by atoms with Crippen molar-refractivity contribution in [2.24, 2.45) is 0 Å². The van der Waals surface area contributed by atoms with E-state index in [1.807, 2.05) is 11.8 Å². The van der Waals surface area contributed by atoms with Gasteiger partial charge in [-0.3, -0.25) is 14.9 Å². The van der Waals surface area contributed by atoms with Crippen molar-refractivity contribution in [2.75, 3.05) is 19.6 Å². The van der Waals surface area contributed by atoms with E-state index in [2.05, 4.69) is 5.32 Å². The first-order chi connectivity index (χ1) is 9.06. The molecular formula is C13H17N3O3. The van der Waals surface area contributed by atoms with Crippen LogP contribution >= 0.6 is 0 Å². The number of nitro benzene ring substituents is 1. The molecule has 1 fully saturated rings. The molecule has 1 amide bonds. The highest BCUT2D eigenvalue weighted by molar-refractivity contribution is 5.79. The summed E-state index contributed by atoms with van der Waals surface area (Å²) in [4.78, 5) is 24.0. The van der Waals surface area contributed by atoms with Gasteiger partial charge in [0.25, 0.3) is 5.69 Å². The summed E-state index contributed by atoms with van der Waals surface area (Å²) in [7, 11) is 0. The number of rotatable bonds is 3. The van der Waals surface area contributed by atoms with E-state index in [0.717, 1.165) is 18.7 Å². The van der Waals surface area contributed by atoms with Crippen LogP contribution in [-0.4, -0.2) is 41.4 Å². The predicted octanol–water partition coefficient (Wildman–Crippen LogP) is 0.958. The quantitative estimate of drug-likeness (QED) is 0.651. The average molecular weight is 263 g/mol. The smallest absolute Gasteiger partial charge is 0.269 e. The lowest BCUT2D eigenvalue weighted by Crippen LogP contribution is -2.51. The molecule has 19 heavy (non-hydrogen) atoms. The highest BCUT2D eigenvalue weighted by atomic mass is 16.6. The van der Waals surface area contributed by atoms with Gasteiger partial charge in [-0.2, -0.15) is 0 Å². The van der Waals surface area contributed by atoms with Gasteiger partial charge in [-0.25, -0.2) is 0 Å². The van der Waals surface area contributed by atoms with Gasteiger partial charge in [-0.15, -0.1) is 0 Å². The molecule has 1 aliphatic heterocycles. The van der Waals surface area contributed by atoms with E-state index in [-0.39, 0.29) is 11.6 Å². The molecule has 0 saturated carbocycles. The Morgan fingerprint density at radius 1 is 1.47 bits per heavy atom. The average Bonchev–Trinajstić information content (AvgIpc) is 2.39. The van der Waals surface area contributed by atoms with Crippen molar-refractivity contribution in [3.8, 4) is 0 Å². The monoisotopic (exact) mass is 263 g/mol. The molecule has 0 spiro atoms. The normalized spacial score (nSPS) is 19.2. The van der Waals surface area contributed by atoms with Gasteiger partial charge >= 0.3 is 0 Å². The van der Waals surface area contributed by atoms with Gasteiger partial charge in [0.05, 0.1) is 11.3 Å².